The van der Waals surface area contributed by atoms with Crippen molar-refractivity contribution in [1.29, 1.82) is 0 Å². The monoisotopic (exact) mass is 256 g/mol. The fourth-order valence-electron chi connectivity index (χ4n) is 4.19. The summed E-state index contributed by atoms with van der Waals surface area (Å²) in [5, 5.41) is 0. The molecule has 0 N–H and O–H groups in total. The third-order valence-electron chi connectivity index (χ3n) is 5.53. The molecule has 4 rings (SSSR count). The Kier molecular flexibility index (Phi) is 3.08. The normalized spacial score (nSPS) is 35.3. The van der Waals surface area contributed by atoms with Crippen molar-refractivity contribution < 1.29 is 0 Å². The van der Waals surface area contributed by atoms with Crippen molar-refractivity contribution in [2.75, 3.05) is 26.2 Å². The van der Waals surface area contributed by atoms with Crippen LogP contribution < -0.4 is 0 Å². The average molecular weight is 256 g/mol. The Morgan fingerprint density at radius 1 is 0.895 bits per heavy atom. The van der Waals surface area contributed by atoms with Gasteiger partial charge in [0.15, 0.2) is 0 Å². The third kappa shape index (κ3) is 2.32. The predicted molar refractivity (Wildman–Crippen MR) is 77.9 cm³/mol. The molecule has 1 aromatic rings. The summed E-state index contributed by atoms with van der Waals surface area (Å²) in [5.41, 5.74) is 1.46. The van der Waals surface area contributed by atoms with E-state index in [1.165, 1.54) is 51.0 Å². The molecule has 2 aliphatic heterocycles. The molecule has 2 heterocycles. The smallest absolute Gasteiger partial charge is 0.0235 e. The minimum Gasteiger partial charge on any atom is -0.298 e. The lowest BCUT2D eigenvalue weighted by Gasteiger charge is -2.28. The molecule has 1 aliphatic carbocycles. The first kappa shape index (κ1) is 11.9. The van der Waals surface area contributed by atoms with Crippen LogP contribution in [-0.4, -0.2) is 42.0 Å². The zero-order chi connectivity index (χ0) is 12.7. The maximum absolute atomic E-state index is 2.80. The van der Waals surface area contributed by atoms with E-state index < -0.39 is 0 Å². The molecule has 0 bridgehead atoms. The lowest BCUT2D eigenvalue weighted by molar-refractivity contribution is 0.224. The molecule has 2 heteroatoms. The van der Waals surface area contributed by atoms with Crippen molar-refractivity contribution >= 4 is 0 Å². The van der Waals surface area contributed by atoms with Gasteiger partial charge in [-0.15, -0.1) is 0 Å². The Balaban J connectivity index is 1.33. The summed E-state index contributed by atoms with van der Waals surface area (Å²) in [5.74, 6) is 2.12. The summed E-state index contributed by atoms with van der Waals surface area (Å²) in [7, 11) is 0. The largest absolute Gasteiger partial charge is 0.298 e. The summed E-state index contributed by atoms with van der Waals surface area (Å²) >= 11 is 0. The Labute approximate surface area is 116 Å². The summed E-state index contributed by atoms with van der Waals surface area (Å²) in [4.78, 5) is 5.44. The molecule has 3 fully saturated rings. The third-order valence-corrected chi connectivity index (χ3v) is 5.53. The van der Waals surface area contributed by atoms with Crippen molar-refractivity contribution in [3.8, 4) is 0 Å². The van der Waals surface area contributed by atoms with E-state index in [4.69, 9.17) is 0 Å². The number of fused-ring (bicyclic) bond motifs is 1. The highest BCUT2D eigenvalue weighted by molar-refractivity contribution is 5.14. The van der Waals surface area contributed by atoms with Crippen LogP contribution in [0.3, 0.4) is 0 Å². The van der Waals surface area contributed by atoms with Crippen molar-refractivity contribution in [2.45, 2.75) is 31.8 Å². The molecule has 3 aliphatic rings. The van der Waals surface area contributed by atoms with Gasteiger partial charge in [-0.2, -0.15) is 0 Å². The molecule has 0 aromatic heterocycles. The zero-order valence-corrected chi connectivity index (χ0v) is 11.7. The van der Waals surface area contributed by atoms with Crippen LogP contribution in [0, 0.1) is 11.8 Å². The van der Waals surface area contributed by atoms with E-state index in [0.29, 0.717) is 0 Å². The summed E-state index contributed by atoms with van der Waals surface area (Å²) in [6, 6.07) is 11.8. The second-order valence-electron chi connectivity index (χ2n) is 6.71. The standard InChI is InChI=1S/C17H24N2/c1-2-4-14(5-3-1)10-18-9-8-17(13-18)19-11-15-6-7-16(15)12-19/h1-5,15-17H,6-13H2/t15?,16?,17-/m1/s1. The second-order valence-corrected chi connectivity index (χ2v) is 6.71. The molecular formula is C17H24N2. The zero-order valence-electron chi connectivity index (χ0n) is 11.7. The topological polar surface area (TPSA) is 6.48 Å². The highest BCUT2D eigenvalue weighted by atomic mass is 15.3. The van der Waals surface area contributed by atoms with Crippen LogP contribution in [-0.2, 0) is 6.54 Å². The van der Waals surface area contributed by atoms with Gasteiger partial charge < -0.3 is 0 Å². The molecular weight excluding hydrogens is 232 g/mol. The fourth-order valence-corrected chi connectivity index (χ4v) is 4.19. The van der Waals surface area contributed by atoms with Gasteiger partial charge >= 0.3 is 0 Å². The molecule has 2 unspecified atom stereocenters. The van der Waals surface area contributed by atoms with Gasteiger partial charge in [-0.25, -0.2) is 0 Å². The van der Waals surface area contributed by atoms with Gasteiger partial charge in [-0.05, 0) is 36.7 Å². The quantitative estimate of drug-likeness (QED) is 0.820. The number of hydrogen-bond donors (Lipinski definition) is 0. The van der Waals surface area contributed by atoms with E-state index in [1.54, 1.807) is 0 Å². The Bertz CT molecular complexity index is 418. The van der Waals surface area contributed by atoms with Crippen molar-refractivity contribution in [1.82, 2.24) is 9.80 Å². The summed E-state index contributed by atoms with van der Waals surface area (Å²) < 4.78 is 0. The van der Waals surface area contributed by atoms with Gasteiger partial charge in [0.25, 0.3) is 0 Å². The molecule has 0 amide bonds. The van der Waals surface area contributed by atoms with Gasteiger partial charge in [0.2, 0.25) is 0 Å². The highest BCUT2D eigenvalue weighted by Gasteiger charge is 2.42. The molecule has 1 saturated carbocycles. The van der Waals surface area contributed by atoms with E-state index in [-0.39, 0.29) is 0 Å². The van der Waals surface area contributed by atoms with Gasteiger partial charge in [0.1, 0.15) is 0 Å². The number of hydrogen-bond acceptors (Lipinski definition) is 2. The summed E-state index contributed by atoms with van der Waals surface area (Å²) in [6.07, 6.45) is 4.38. The molecule has 2 saturated heterocycles. The van der Waals surface area contributed by atoms with Crippen LogP contribution in [0.2, 0.25) is 0 Å². The fraction of sp³-hybridized carbons (Fsp3) is 0.647. The van der Waals surface area contributed by atoms with E-state index in [9.17, 15) is 0 Å². The first-order valence-electron chi connectivity index (χ1n) is 7.89. The summed E-state index contributed by atoms with van der Waals surface area (Å²) in [6.45, 7) is 6.50. The molecule has 1 aromatic carbocycles. The van der Waals surface area contributed by atoms with Crippen molar-refractivity contribution in [2.24, 2.45) is 11.8 Å². The molecule has 0 spiro atoms. The molecule has 2 nitrogen and oxygen atoms in total. The lowest BCUT2D eigenvalue weighted by Crippen LogP contribution is -2.35. The first-order valence-corrected chi connectivity index (χ1v) is 7.89. The highest BCUT2D eigenvalue weighted by Crippen LogP contribution is 2.41. The van der Waals surface area contributed by atoms with E-state index in [1.807, 2.05) is 0 Å². The Morgan fingerprint density at radius 3 is 2.32 bits per heavy atom. The Morgan fingerprint density at radius 2 is 1.63 bits per heavy atom. The van der Waals surface area contributed by atoms with Crippen LogP contribution in [0.25, 0.3) is 0 Å². The number of rotatable bonds is 3. The van der Waals surface area contributed by atoms with Gasteiger partial charge in [0, 0.05) is 38.8 Å². The van der Waals surface area contributed by atoms with E-state index in [0.717, 1.165) is 24.4 Å². The van der Waals surface area contributed by atoms with Crippen LogP contribution in [0.1, 0.15) is 24.8 Å². The number of benzene rings is 1. The van der Waals surface area contributed by atoms with Gasteiger partial charge in [-0.3, -0.25) is 9.80 Å². The van der Waals surface area contributed by atoms with Crippen molar-refractivity contribution in [3.63, 3.8) is 0 Å². The molecule has 19 heavy (non-hydrogen) atoms. The lowest BCUT2D eigenvalue weighted by atomic mass is 9.77. The van der Waals surface area contributed by atoms with Gasteiger partial charge in [0.05, 0.1) is 0 Å². The average Bonchev–Trinajstić information content (AvgIpc) is 2.97. The minimum atomic E-state index is 0.842. The van der Waals surface area contributed by atoms with Gasteiger partial charge in [-0.1, -0.05) is 30.3 Å². The first-order chi connectivity index (χ1) is 9.38. The van der Waals surface area contributed by atoms with E-state index in [2.05, 4.69) is 40.1 Å². The second kappa shape index (κ2) is 4.92. The van der Waals surface area contributed by atoms with Crippen LogP contribution in [0.5, 0.6) is 0 Å². The molecule has 3 atom stereocenters. The predicted octanol–water partition coefficient (Wildman–Crippen LogP) is 2.60. The maximum atomic E-state index is 2.80. The maximum Gasteiger partial charge on any atom is 0.0235 e. The van der Waals surface area contributed by atoms with Crippen molar-refractivity contribution in [3.05, 3.63) is 35.9 Å². The minimum absolute atomic E-state index is 0.842. The SMILES string of the molecule is c1ccc(CN2CC[C@@H](N3CC4CCC4C3)C2)cc1. The molecule has 0 radical (unpaired) electrons. The van der Waals surface area contributed by atoms with Crippen LogP contribution in [0.4, 0.5) is 0 Å². The molecule has 102 valence electrons. The van der Waals surface area contributed by atoms with E-state index >= 15 is 0 Å². The van der Waals surface area contributed by atoms with Crippen LogP contribution >= 0.6 is 0 Å². The number of likely N-dealkylation sites (tertiary alicyclic amines) is 2. The number of nitrogens with zero attached hydrogens (tertiary/aromatic N) is 2. The Hall–Kier alpha value is -0.860. The van der Waals surface area contributed by atoms with Crippen LogP contribution in [0.15, 0.2) is 30.3 Å².